The number of hydrogen-bond donors (Lipinski definition) is 2. The molecule has 1 aliphatic rings. The van der Waals surface area contributed by atoms with Crippen molar-refractivity contribution < 1.29 is 9.15 Å². The second-order valence-electron chi connectivity index (χ2n) is 5.48. The van der Waals surface area contributed by atoms with Crippen molar-refractivity contribution in [3.05, 3.63) is 5.89 Å². The van der Waals surface area contributed by atoms with Crippen molar-refractivity contribution in [2.45, 2.75) is 52.8 Å². The molecule has 1 fully saturated rings. The van der Waals surface area contributed by atoms with Crippen LogP contribution in [0, 0.1) is 5.41 Å². The van der Waals surface area contributed by atoms with Crippen molar-refractivity contribution >= 4 is 6.01 Å². The predicted octanol–water partition coefficient (Wildman–Crippen LogP) is 1.79. The Morgan fingerprint density at radius 1 is 1.37 bits per heavy atom. The molecule has 2 N–H and O–H groups in total. The van der Waals surface area contributed by atoms with E-state index in [1.807, 2.05) is 13.8 Å². The quantitative estimate of drug-likeness (QED) is 0.785. The van der Waals surface area contributed by atoms with Crippen LogP contribution in [0.5, 0.6) is 0 Å². The third-order valence-corrected chi connectivity index (χ3v) is 3.84. The van der Waals surface area contributed by atoms with Crippen LogP contribution in [0.4, 0.5) is 6.01 Å². The standard InChI is InChI=1S/C13H24N4O2/c1-5-14-8-11-16-17-12(19-11)15-9-7-10(18-6-2)13(9,3)4/h9-10,14H,5-8H2,1-4H3,(H,15,17). The molecule has 2 atom stereocenters. The van der Waals surface area contributed by atoms with Gasteiger partial charge in [0.1, 0.15) is 0 Å². The van der Waals surface area contributed by atoms with E-state index in [1.165, 1.54) is 0 Å². The Balaban J connectivity index is 1.87. The minimum atomic E-state index is 0.0896. The van der Waals surface area contributed by atoms with Crippen LogP contribution in [0.3, 0.4) is 0 Å². The summed E-state index contributed by atoms with van der Waals surface area (Å²) in [6.07, 6.45) is 1.28. The van der Waals surface area contributed by atoms with Crippen molar-refractivity contribution in [2.75, 3.05) is 18.5 Å². The van der Waals surface area contributed by atoms with E-state index in [4.69, 9.17) is 9.15 Å². The molecule has 0 spiro atoms. The average molecular weight is 268 g/mol. The molecule has 2 unspecified atom stereocenters. The van der Waals surface area contributed by atoms with E-state index in [2.05, 4.69) is 34.7 Å². The van der Waals surface area contributed by atoms with E-state index in [-0.39, 0.29) is 5.41 Å². The Labute approximate surface area is 114 Å². The summed E-state index contributed by atoms with van der Waals surface area (Å²) in [6.45, 7) is 10.7. The molecule has 1 heterocycles. The minimum Gasteiger partial charge on any atom is -0.407 e. The summed E-state index contributed by atoms with van der Waals surface area (Å²) in [6, 6.07) is 0.817. The maximum absolute atomic E-state index is 5.70. The highest BCUT2D eigenvalue weighted by atomic mass is 16.5. The maximum Gasteiger partial charge on any atom is 0.315 e. The molecular weight excluding hydrogens is 244 g/mol. The first-order valence-electron chi connectivity index (χ1n) is 6.99. The van der Waals surface area contributed by atoms with Crippen molar-refractivity contribution in [1.29, 1.82) is 0 Å². The zero-order chi connectivity index (χ0) is 13.9. The summed E-state index contributed by atoms with van der Waals surface area (Å²) in [5.74, 6) is 0.614. The normalized spacial score (nSPS) is 25.1. The van der Waals surface area contributed by atoms with Gasteiger partial charge in [-0.1, -0.05) is 25.9 Å². The van der Waals surface area contributed by atoms with Crippen molar-refractivity contribution in [3.63, 3.8) is 0 Å². The van der Waals surface area contributed by atoms with Crippen LogP contribution in [-0.4, -0.2) is 35.5 Å². The summed E-state index contributed by atoms with van der Waals surface area (Å²) in [4.78, 5) is 0. The van der Waals surface area contributed by atoms with Crippen LogP contribution in [0.25, 0.3) is 0 Å². The van der Waals surface area contributed by atoms with E-state index in [0.717, 1.165) is 19.6 Å². The van der Waals surface area contributed by atoms with Gasteiger partial charge in [0.15, 0.2) is 0 Å². The van der Waals surface area contributed by atoms with Gasteiger partial charge in [0.25, 0.3) is 0 Å². The van der Waals surface area contributed by atoms with E-state index in [0.29, 0.717) is 30.6 Å². The Hall–Kier alpha value is -1.14. The van der Waals surface area contributed by atoms with E-state index < -0.39 is 0 Å². The number of ether oxygens (including phenoxy) is 1. The van der Waals surface area contributed by atoms with Crippen LogP contribution in [-0.2, 0) is 11.3 Å². The van der Waals surface area contributed by atoms with Gasteiger partial charge in [-0.25, -0.2) is 0 Å². The SMILES string of the molecule is CCNCc1nnc(NC2CC(OCC)C2(C)C)o1. The molecule has 19 heavy (non-hydrogen) atoms. The third-order valence-electron chi connectivity index (χ3n) is 3.84. The van der Waals surface area contributed by atoms with Gasteiger partial charge in [-0.05, 0) is 19.9 Å². The lowest BCUT2D eigenvalue weighted by molar-refractivity contribution is -0.0980. The van der Waals surface area contributed by atoms with Gasteiger partial charge in [0.2, 0.25) is 5.89 Å². The van der Waals surface area contributed by atoms with E-state index in [1.54, 1.807) is 0 Å². The van der Waals surface area contributed by atoms with Crippen LogP contribution in [0.1, 0.15) is 40.0 Å². The Kier molecular flexibility index (Phi) is 4.42. The molecule has 108 valence electrons. The topological polar surface area (TPSA) is 72.2 Å². The summed E-state index contributed by atoms with van der Waals surface area (Å²) < 4.78 is 11.2. The number of aromatic nitrogens is 2. The fourth-order valence-corrected chi connectivity index (χ4v) is 2.38. The highest BCUT2D eigenvalue weighted by Gasteiger charge is 2.49. The summed E-state index contributed by atoms with van der Waals surface area (Å²) >= 11 is 0. The lowest BCUT2D eigenvalue weighted by atomic mass is 9.64. The van der Waals surface area contributed by atoms with Gasteiger partial charge in [-0.2, -0.15) is 0 Å². The van der Waals surface area contributed by atoms with Gasteiger partial charge in [0, 0.05) is 18.1 Å². The molecule has 0 aliphatic heterocycles. The number of anilines is 1. The number of nitrogens with one attached hydrogen (secondary N) is 2. The van der Waals surface area contributed by atoms with Crippen LogP contribution in [0.2, 0.25) is 0 Å². The largest absolute Gasteiger partial charge is 0.407 e. The number of hydrogen-bond acceptors (Lipinski definition) is 6. The summed E-state index contributed by atoms with van der Waals surface area (Å²) in [7, 11) is 0. The zero-order valence-corrected chi connectivity index (χ0v) is 12.2. The molecule has 1 aromatic heterocycles. The first-order chi connectivity index (χ1) is 9.07. The van der Waals surface area contributed by atoms with Crippen LogP contribution >= 0.6 is 0 Å². The van der Waals surface area contributed by atoms with Crippen LogP contribution < -0.4 is 10.6 Å². The first-order valence-corrected chi connectivity index (χ1v) is 6.99. The van der Waals surface area contributed by atoms with Gasteiger partial charge < -0.3 is 19.8 Å². The van der Waals surface area contributed by atoms with Gasteiger partial charge in [-0.3, -0.25) is 0 Å². The second-order valence-corrected chi connectivity index (χ2v) is 5.48. The molecule has 0 saturated heterocycles. The molecule has 0 bridgehead atoms. The summed E-state index contributed by atoms with van der Waals surface area (Å²) in [5, 5.41) is 14.5. The molecule has 1 aliphatic carbocycles. The molecule has 6 heteroatoms. The molecule has 1 aromatic rings. The number of rotatable bonds is 7. The molecule has 1 saturated carbocycles. The minimum absolute atomic E-state index is 0.0896. The Morgan fingerprint density at radius 3 is 2.79 bits per heavy atom. The lowest BCUT2D eigenvalue weighted by Gasteiger charge is -2.51. The zero-order valence-electron chi connectivity index (χ0n) is 12.2. The first kappa shape index (κ1) is 14.3. The molecule has 0 aromatic carbocycles. The fraction of sp³-hybridized carbons (Fsp3) is 0.846. The molecule has 6 nitrogen and oxygen atoms in total. The molecule has 2 rings (SSSR count). The Morgan fingerprint density at radius 2 is 2.16 bits per heavy atom. The molecular formula is C13H24N4O2. The third kappa shape index (κ3) is 3.06. The fourth-order valence-electron chi connectivity index (χ4n) is 2.38. The van der Waals surface area contributed by atoms with Gasteiger partial charge in [-0.15, -0.1) is 5.10 Å². The Bertz CT molecular complexity index is 405. The summed E-state index contributed by atoms with van der Waals surface area (Å²) in [5.41, 5.74) is 0.0896. The van der Waals surface area contributed by atoms with E-state index >= 15 is 0 Å². The van der Waals surface area contributed by atoms with Gasteiger partial charge in [0.05, 0.1) is 12.6 Å². The van der Waals surface area contributed by atoms with Crippen molar-refractivity contribution in [1.82, 2.24) is 15.5 Å². The lowest BCUT2D eigenvalue weighted by Crippen LogP contribution is -2.58. The number of nitrogens with zero attached hydrogens (tertiary/aromatic N) is 2. The van der Waals surface area contributed by atoms with Crippen LogP contribution in [0.15, 0.2) is 4.42 Å². The monoisotopic (exact) mass is 268 g/mol. The molecule has 0 amide bonds. The highest BCUT2D eigenvalue weighted by Crippen LogP contribution is 2.44. The van der Waals surface area contributed by atoms with Crippen molar-refractivity contribution in [2.24, 2.45) is 5.41 Å². The average Bonchev–Trinajstić information content (AvgIpc) is 2.83. The second kappa shape index (κ2) is 5.88. The maximum atomic E-state index is 5.70. The van der Waals surface area contributed by atoms with E-state index in [9.17, 15) is 0 Å². The predicted molar refractivity (Wildman–Crippen MR) is 72.9 cm³/mol. The highest BCUT2D eigenvalue weighted by molar-refractivity contribution is 5.25. The van der Waals surface area contributed by atoms with Gasteiger partial charge >= 0.3 is 6.01 Å². The molecule has 0 radical (unpaired) electrons. The van der Waals surface area contributed by atoms with Crippen molar-refractivity contribution in [3.8, 4) is 0 Å². The smallest absolute Gasteiger partial charge is 0.315 e.